The molecule has 0 saturated heterocycles. The number of nitrogens with two attached hydrogens (primary N) is 1. The predicted octanol–water partition coefficient (Wildman–Crippen LogP) is 3.38. The van der Waals surface area contributed by atoms with Gasteiger partial charge < -0.3 is 5.73 Å². The fourth-order valence-electron chi connectivity index (χ4n) is 1.76. The van der Waals surface area contributed by atoms with Gasteiger partial charge in [-0.1, -0.05) is 11.6 Å². The molecule has 1 heterocycles. The van der Waals surface area contributed by atoms with E-state index in [4.69, 9.17) is 17.3 Å². The summed E-state index contributed by atoms with van der Waals surface area (Å²) < 4.78 is 25.4. The number of benzene rings is 1. The summed E-state index contributed by atoms with van der Waals surface area (Å²) in [4.78, 5) is 4.73. The number of rotatable bonds is 3. The molecule has 0 spiro atoms. The molecule has 20 heavy (non-hydrogen) atoms. The van der Waals surface area contributed by atoms with Gasteiger partial charge >= 0.3 is 0 Å². The first-order valence-corrected chi connectivity index (χ1v) is 7.64. The lowest BCUT2D eigenvalue weighted by molar-refractivity contribution is 0.626. The Bertz CT molecular complexity index is 691. The molecule has 0 aliphatic carbocycles. The molecule has 2 aromatic rings. The zero-order valence-electron chi connectivity index (χ0n) is 11.1. The van der Waals surface area contributed by atoms with Crippen molar-refractivity contribution in [1.82, 2.24) is 4.98 Å². The zero-order valence-corrected chi connectivity index (χ0v) is 12.7. The number of aromatic nitrogens is 1. The Balaban J connectivity index is 2.28. The highest BCUT2D eigenvalue weighted by molar-refractivity contribution is 7.84. The van der Waals surface area contributed by atoms with E-state index in [2.05, 4.69) is 4.98 Å². The average molecular weight is 313 g/mol. The van der Waals surface area contributed by atoms with E-state index in [1.54, 1.807) is 6.20 Å². The molecule has 6 heteroatoms. The first-order chi connectivity index (χ1) is 9.40. The Morgan fingerprint density at radius 2 is 2.10 bits per heavy atom. The van der Waals surface area contributed by atoms with E-state index in [-0.39, 0.29) is 10.8 Å². The average Bonchev–Trinajstić information content (AvgIpc) is 2.42. The molecule has 2 N–H and O–H groups in total. The minimum Gasteiger partial charge on any atom is -0.398 e. The molecule has 0 amide bonds. The Morgan fingerprint density at radius 3 is 2.75 bits per heavy atom. The summed E-state index contributed by atoms with van der Waals surface area (Å²) >= 11 is 5.69. The fourth-order valence-corrected chi connectivity index (χ4v) is 3.18. The van der Waals surface area contributed by atoms with Gasteiger partial charge in [0.1, 0.15) is 5.82 Å². The highest BCUT2D eigenvalue weighted by Gasteiger charge is 2.12. The van der Waals surface area contributed by atoms with Crippen LogP contribution >= 0.6 is 11.6 Å². The van der Waals surface area contributed by atoms with Crippen molar-refractivity contribution in [3.05, 3.63) is 52.1 Å². The summed E-state index contributed by atoms with van der Waals surface area (Å²) in [5.41, 5.74) is 8.98. The maximum absolute atomic E-state index is 13.1. The number of nitrogen functional groups attached to an aromatic ring is 1. The maximum atomic E-state index is 13.1. The zero-order chi connectivity index (χ0) is 14.9. The Hall–Kier alpha value is -1.46. The largest absolute Gasteiger partial charge is 0.398 e. The van der Waals surface area contributed by atoms with Crippen molar-refractivity contribution in [2.24, 2.45) is 0 Å². The normalized spacial score (nSPS) is 12.4. The minimum absolute atomic E-state index is 0.0380. The van der Waals surface area contributed by atoms with Crippen LogP contribution in [0.2, 0.25) is 5.02 Å². The topological polar surface area (TPSA) is 56.0 Å². The smallest absolute Gasteiger partial charge is 0.141 e. The van der Waals surface area contributed by atoms with Crippen LogP contribution in [-0.2, 0) is 16.6 Å². The number of hydrogen-bond donors (Lipinski definition) is 1. The van der Waals surface area contributed by atoms with E-state index in [1.807, 2.05) is 13.8 Å². The third-order valence-corrected chi connectivity index (χ3v) is 4.70. The molecule has 0 aliphatic heterocycles. The monoisotopic (exact) mass is 312 g/mol. The molecular weight excluding hydrogens is 299 g/mol. The van der Waals surface area contributed by atoms with Gasteiger partial charge in [0.2, 0.25) is 0 Å². The molecule has 2 rings (SSSR count). The minimum atomic E-state index is -1.35. The van der Waals surface area contributed by atoms with Crippen LogP contribution in [-0.4, -0.2) is 9.19 Å². The van der Waals surface area contributed by atoms with Crippen LogP contribution in [0.25, 0.3) is 0 Å². The lowest BCUT2D eigenvalue weighted by atomic mass is 10.1. The van der Waals surface area contributed by atoms with Crippen molar-refractivity contribution < 1.29 is 8.60 Å². The standard InChI is InChI=1S/C14H14ClFN2OS/c1-8-6-18-13(9(2)14(8)17)7-20(19)10-3-4-12(16)11(15)5-10/h3-6H,7H2,1-2H3,(H2,17,18). The molecule has 1 atom stereocenters. The SMILES string of the molecule is Cc1cnc(CS(=O)c2ccc(F)c(Cl)c2)c(C)c1N. The molecule has 3 nitrogen and oxygen atoms in total. The van der Waals surface area contributed by atoms with Crippen LogP contribution in [0.3, 0.4) is 0 Å². The van der Waals surface area contributed by atoms with Crippen LogP contribution in [0, 0.1) is 19.7 Å². The van der Waals surface area contributed by atoms with Gasteiger partial charge in [-0.2, -0.15) is 0 Å². The molecular formula is C14H14ClFN2OS. The summed E-state index contributed by atoms with van der Waals surface area (Å²) in [6, 6.07) is 4.05. The van der Waals surface area contributed by atoms with Gasteiger partial charge in [0.25, 0.3) is 0 Å². The van der Waals surface area contributed by atoms with E-state index in [0.29, 0.717) is 16.3 Å². The van der Waals surface area contributed by atoms with Crippen molar-refractivity contribution in [2.45, 2.75) is 24.5 Å². The van der Waals surface area contributed by atoms with Gasteiger partial charge in [-0.05, 0) is 43.2 Å². The number of aryl methyl sites for hydroxylation is 1. The van der Waals surface area contributed by atoms with Crippen molar-refractivity contribution in [1.29, 1.82) is 0 Å². The summed E-state index contributed by atoms with van der Waals surface area (Å²) in [5, 5.41) is -0.0380. The summed E-state index contributed by atoms with van der Waals surface area (Å²) in [5.74, 6) is -0.306. The van der Waals surface area contributed by atoms with E-state index in [1.165, 1.54) is 18.2 Å². The molecule has 0 aliphatic rings. The molecule has 1 aromatic carbocycles. The van der Waals surface area contributed by atoms with Crippen LogP contribution in [0.4, 0.5) is 10.1 Å². The molecule has 1 aromatic heterocycles. The number of hydrogen-bond acceptors (Lipinski definition) is 3. The van der Waals surface area contributed by atoms with Crippen molar-refractivity contribution in [2.75, 3.05) is 5.73 Å². The number of pyridine rings is 1. The second-order valence-corrected chi connectivity index (χ2v) is 6.35. The number of halogens is 2. The highest BCUT2D eigenvalue weighted by Crippen LogP contribution is 2.23. The van der Waals surface area contributed by atoms with Crippen LogP contribution < -0.4 is 5.73 Å². The van der Waals surface area contributed by atoms with Gasteiger partial charge in [0.05, 0.1) is 27.3 Å². The van der Waals surface area contributed by atoms with E-state index < -0.39 is 16.6 Å². The number of nitrogens with zero attached hydrogens (tertiary/aromatic N) is 1. The van der Waals surface area contributed by atoms with Crippen molar-refractivity contribution >= 4 is 28.1 Å². The van der Waals surface area contributed by atoms with Gasteiger partial charge in [-0.3, -0.25) is 9.19 Å². The summed E-state index contributed by atoms with van der Waals surface area (Å²) in [7, 11) is -1.35. The predicted molar refractivity (Wildman–Crippen MR) is 79.6 cm³/mol. The second kappa shape index (κ2) is 5.89. The van der Waals surface area contributed by atoms with Gasteiger partial charge in [0.15, 0.2) is 0 Å². The van der Waals surface area contributed by atoms with Crippen molar-refractivity contribution in [3.8, 4) is 0 Å². The summed E-state index contributed by atoms with van der Waals surface area (Å²) in [6.45, 7) is 3.72. The molecule has 0 fully saturated rings. The first-order valence-electron chi connectivity index (χ1n) is 5.94. The molecule has 0 saturated carbocycles. The van der Waals surface area contributed by atoms with E-state index >= 15 is 0 Å². The molecule has 0 radical (unpaired) electrons. The van der Waals surface area contributed by atoms with E-state index in [0.717, 1.165) is 11.1 Å². The summed E-state index contributed by atoms with van der Waals surface area (Å²) in [6.07, 6.45) is 1.66. The van der Waals surface area contributed by atoms with Gasteiger partial charge in [0, 0.05) is 16.8 Å². The van der Waals surface area contributed by atoms with Crippen LogP contribution in [0.5, 0.6) is 0 Å². The Morgan fingerprint density at radius 1 is 1.40 bits per heavy atom. The third-order valence-electron chi connectivity index (χ3n) is 3.10. The second-order valence-electron chi connectivity index (χ2n) is 4.49. The quantitative estimate of drug-likeness (QED) is 0.945. The van der Waals surface area contributed by atoms with Gasteiger partial charge in [-0.25, -0.2) is 4.39 Å². The van der Waals surface area contributed by atoms with Crippen LogP contribution in [0.1, 0.15) is 16.8 Å². The van der Waals surface area contributed by atoms with E-state index in [9.17, 15) is 8.60 Å². The first kappa shape index (κ1) is 14.9. The fraction of sp³-hybridized carbons (Fsp3) is 0.214. The molecule has 0 bridgehead atoms. The maximum Gasteiger partial charge on any atom is 0.141 e. The highest BCUT2D eigenvalue weighted by atomic mass is 35.5. The molecule has 1 unspecified atom stereocenters. The third kappa shape index (κ3) is 2.99. The Kier molecular flexibility index (Phi) is 4.40. The molecule has 106 valence electrons. The van der Waals surface area contributed by atoms with Gasteiger partial charge in [-0.15, -0.1) is 0 Å². The Labute approximate surface area is 124 Å². The van der Waals surface area contributed by atoms with Crippen LogP contribution in [0.15, 0.2) is 29.3 Å². The number of anilines is 1. The van der Waals surface area contributed by atoms with Crippen molar-refractivity contribution in [3.63, 3.8) is 0 Å². The lowest BCUT2D eigenvalue weighted by Crippen LogP contribution is -2.05. The lowest BCUT2D eigenvalue weighted by Gasteiger charge is -2.10.